The van der Waals surface area contributed by atoms with Crippen molar-refractivity contribution in [1.82, 2.24) is 4.72 Å². The number of rotatable bonds is 5. The third-order valence-electron chi connectivity index (χ3n) is 2.86. The van der Waals surface area contributed by atoms with Crippen molar-refractivity contribution in [3.05, 3.63) is 0 Å². The maximum absolute atomic E-state index is 11.5. The Morgan fingerprint density at radius 3 is 2.73 bits per heavy atom. The summed E-state index contributed by atoms with van der Waals surface area (Å²) in [6.07, 6.45) is 2.52. The molecule has 1 unspecified atom stereocenters. The Hall–Kier alpha value is -0.170. The summed E-state index contributed by atoms with van der Waals surface area (Å²) in [6.45, 7) is 0.794. The molecule has 6 heteroatoms. The molecule has 0 aromatic carbocycles. The van der Waals surface area contributed by atoms with Gasteiger partial charge in [0.25, 0.3) is 0 Å². The van der Waals surface area contributed by atoms with Gasteiger partial charge in [-0.15, -0.1) is 0 Å². The highest BCUT2D eigenvalue weighted by molar-refractivity contribution is 7.89. The molecule has 0 aromatic heterocycles. The Labute approximate surface area is 89.9 Å². The van der Waals surface area contributed by atoms with Crippen molar-refractivity contribution in [1.29, 1.82) is 0 Å². The lowest BCUT2D eigenvalue weighted by Crippen LogP contribution is -2.44. The highest BCUT2D eigenvalue weighted by Gasteiger charge is 2.34. The van der Waals surface area contributed by atoms with E-state index < -0.39 is 15.6 Å². The topological polar surface area (TPSA) is 75.6 Å². The zero-order chi connectivity index (χ0) is 10.9. The van der Waals surface area contributed by atoms with Gasteiger partial charge in [-0.05, 0) is 18.8 Å². The van der Waals surface area contributed by atoms with Crippen molar-refractivity contribution in [2.45, 2.75) is 24.9 Å². The fourth-order valence-electron chi connectivity index (χ4n) is 1.63. The Kier molecular flexibility index (Phi) is 3.03. The average molecular weight is 235 g/mol. The molecule has 0 aromatic rings. The van der Waals surface area contributed by atoms with E-state index in [1.807, 2.05) is 0 Å². The van der Waals surface area contributed by atoms with Crippen LogP contribution < -0.4 is 4.72 Å². The standard InChI is InChI=1S/C9H17NO4S/c11-9(3-4-14-7-9)6-10-15(12,13)5-8-1-2-8/h8,10-11H,1-7H2. The summed E-state index contributed by atoms with van der Waals surface area (Å²) in [5.74, 6) is 0.529. The Morgan fingerprint density at radius 2 is 2.20 bits per heavy atom. The highest BCUT2D eigenvalue weighted by Crippen LogP contribution is 2.30. The fraction of sp³-hybridized carbons (Fsp3) is 1.00. The number of hydrogen-bond acceptors (Lipinski definition) is 4. The van der Waals surface area contributed by atoms with Crippen molar-refractivity contribution in [2.24, 2.45) is 5.92 Å². The zero-order valence-corrected chi connectivity index (χ0v) is 9.42. The Balaban J connectivity index is 1.80. The molecule has 88 valence electrons. The maximum Gasteiger partial charge on any atom is 0.211 e. The first-order valence-electron chi connectivity index (χ1n) is 5.27. The molecule has 1 saturated heterocycles. The van der Waals surface area contributed by atoms with Crippen LogP contribution in [0.5, 0.6) is 0 Å². The van der Waals surface area contributed by atoms with Gasteiger partial charge in [0.05, 0.1) is 12.4 Å². The Morgan fingerprint density at radius 1 is 1.47 bits per heavy atom. The predicted octanol–water partition coefficient (Wildman–Crippen LogP) is -0.533. The average Bonchev–Trinajstić information content (AvgIpc) is 2.83. The maximum atomic E-state index is 11.5. The van der Waals surface area contributed by atoms with Crippen LogP contribution in [-0.2, 0) is 14.8 Å². The van der Waals surface area contributed by atoms with E-state index in [9.17, 15) is 13.5 Å². The third kappa shape index (κ3) is 3.41. The van der Waals surface area contributed by atoms with Crippen molar-refractivity contribution in [2.75, 3.05) is 25.5 Å². The van der Waals surface area contributed by atoms with E-state index in [0.29, 0.717) is 18.9 Å². The smallest absolute Gasteiger partial charge is 0.211 e. The normalized spacial score (nSPS) is 32.1. The van der Waals surface area contributed by atoms with Crippen LogP contribution in [0.4, 0.5) is 0 Å². The molecule has 2 aliphatic rings. The second-order valence-corrected chi connectivity index (χ2v) is 6.42. The van der Waals surface area contributed by atoms with Crippen molar-refractivity contribution in [3.8, 4) is 0 Å². The van der Waals surface area contributed by atoms with E-state index in [0.717, 1.165) is 12.8 Å². The molecule has 1 aliphatic carbocycles. The van der Waals surface area contributed by atoms with E-state index in [1.165, 1.54) is 0 Å². The molecule has 1 heterocycles. The predicted molar refractivity (Wildman–Crippen MR) is 54.9 cm³/mol. The second-order valence-electron chi connectivity index (χ2n) is 4.57. The number of aliphatic hydroxyl groups is 1. The van der Waals surface area contributed by atoms with Crippen molar-refractivity contribution >= 4 is 10.0 Å². The monoisotopic (exact) mass is 235 g/mol. The minimum atomic E-state index is -3.21. The fourth-order valence-corrected chi connectivity index (χ4v) is 3.19. The van der Waals surface area contributed by atoms with Gasteiger partial charge in [0, 0.05) is 19.6 Å². The van der Waals surface area contributed by atoms with Crippen molar-refractivity contribution in [3.63, 3.8) is 0 Å². The molecule has 1 aliphatic heterocycles. The van der Waals surface area contributed by atoms with Crippen LogP contribution in [0.3, 0.4) is 0 Å². The van der Waals surface area contributed by atoms with Crippen LogP contribution in [0, 0.1) is 5.92 Å². The summed E-state index contributed by atoms with van der Waals surface area (Å²) in [4.78, 5) is 0. The summed E-state index contributed by atoms with van der Waals surface area (Å²) in [7, 11) is -3.21. The lowest BCUT2D eigenvalue weighted by molar-refractivity contribution is 0.0314. The number of sulfonamides is 1. The molecule has 0 amide bonds. The first-order valence-corrected chi connectivity index (χ1v) is 6.92. The van der Waals surface area contributed by atoms with Gasteiger partial charge in [0.15, 0.2) is 0 Å². The molecule has 1 saturated carbocycles. The first-order chi connectivity index (χ1) is 6.99. The van der Waals surface area contributed by atoms with Crippen LogP contribution in [0.2, 0.25) is 0 Å². The van der Waals surface area contributed by atoms with E-state index in [2.05, 4.69) is 4.72 Å². The minimum absolute atomic E-state index is 0.0715. The van der Waals surface area contributed by atoms with Crippen LogP contribution in [0.25, 0.3) is 0 Å². The molecule has 15 heavy (non-hydrogen) atoms. The molecule has 1 atom stereocenters. The molecular formula is C9H17NO4S. The summed E-state index contributed by atoms with van der Waals surface area (Å²) < 4.78 is 30.5. The quantitative estimate of drug-likeness (QED) is 0.671. The van der Waals surface area contributed by atoms with E-state index in [4.69, 9.17) is 4.74 Å². The lowest BCUT2D eigenvalue weighted by atomic mass is 10.1. The molecular weight excluding hydrogens is 218 g/mol. The van der Waals surface area contributed by atoms with Gasteiger partial charge in [0.1, 0.15) is 5.60 Å². The highest BCUT2D eigenvalue weighted by atomic mass is 32.2. The summed E-state index contributed by atoms with van der Waals surface area (Å²) >= 11 is 0. The largest absolute Gasteiger partial charge is 0.386 e. The van der Waals surface area contributed by atoms with E-state index in [1.54, 1.807) is 0 Å². The van der Waals surface area contributed by atoms with Gasteiger partial charge in [-0.3, -0.25) is 0 Å². The summed E-state index contributed by atoms with van der Waals surface area (Å²) in [6, 6.07) is 0. The number of ether oxygens (including phenoxy) is 1. The van der Waals surface area contributed by atoms with E-state index >= 15 is 0 Å². The molecule has 0 bridgehead atoms. The van der Waals surface area contributed by atoms with E-state index in [-0.39, 0.29) is 18.9 Å². The SMILES string of the molecule is O=S(=O)(CC1CC1)NCC1(O)CCOC1. The van der Waals surface area contributed by atoms with Gasteiger partial charge >= 0.3 is 0 Å². The van der Waals surface area contributed by atoms with Crippen LogP contribution in [-0.4, -0.2) is 44.6 Å². The lowest BCUT2D eigenvalue weighted by Gasteiger charge is -2.20. The number of nitrogens with one attached hydrogen (secondary N) is 1. The molecule has 0 radical (unpaired) electrons. The van der Waals surface area contributed by atoms with Gasteiger partial charge in [-0.1, -0.05) is 0 Å². The molecule has 2 fully saturated rings. The Bertz CT molecular complexity index is 317. The minimum Gasteiger partial charge on any atom is -0.386 e. The summed E-state index contributed by atoms with van der Waals surface area (Å²) in [5.41, 5.74) is -1.00. The number of hydrogen-bond donors (Lipinski definition) is 2. The molecule has 5 nitrogen and oxygen atoms in total. The summed E-state index contributed by atoms with van der Waals surface area (Å²) in [5, 5.41) is 9.85. The van der Waals surface area contributed by atoms with Crippen LogP contribution in [0.1, 0.15) is 19.3 Å². The molecule has 2 rings (SSSR count). The van der Waals surface area contributed by atoms with Gasteiger partial charge in [-0.2, -0.15) is 0 Å². The second kappa shape index (κ2) is 4.01. The zero-order valence-electron chi connectivity index (χ0n) is 8.61. The van der Waals surface area contributed by atoms with Gasteiger partial charge in [0.2, 0.25) is 10.0 Å². The van der Waals surface area contributed by atoms with Crippen LogP contribution >= 0.6 is 0 Å². The van der Waals surface area contributed by atoms with Gasteiger partial charge in [-0.25, -0.2) is 13.1 Å². The first kappa shape index (κ1) is 11.3. The van der Waals surface area contributed by atoms with Gasteiger partial charge < -0.3 is 9.84 Å². The molecule has 2 N–H and O–H groups in total. The van der Waals surface area contributed by atoms with Crippen molar-refractivity contribution < 1.29 is 18.3 Å². The molecule has 0 spiro atoms. The van der Waals surface area contributed by atoms with Crippen LogP contribution in [0.15, 0.2) is 0 Å². The third-order valence-corrected chi connectivity index (χ3v) is 4.35.